The summed E-state index contributed by atoms with van der Waals surface area (Å²) in [7, 11) is 0. The fraction of sp³-hybridized carbons (Fsp3) is 0.333. The summed E-state index contributed by atoms with van der Waals surface area (Å²) in [5.74, 6) is 0.863. The van der Waals surface area contributed by atoms with Crippen LogP contribution in [0.2, 0.25) is 0 Å². The summed E-state index contributed by atoms with van der Waals surface area (Å²) < 4.78 is 33.9. The molecule has 12 nitrogen and oxygen atoms in total. The first-order valence-corrected chi connectivity index (χ1v) is 13.0. The van der Waals surface area contributed by atoms with Crippen molar-refractivity contribution in [2.45, 2.75) is 19.5 Å². The van der Waals surface area contributed by atoms with Crippen LogP contribution in [0.25, 0.3) is 22.4 Å². The maximum atomic E-state index is 13.1. The average molecular weight is 555 g/mol. The molecule has 1 amide bonds. The highest BCUT2D eigenvalue weighted by atomic mass is 32.1. The lowest BCUT2D eigenvalue weighted by Gasteiger charge is -2.27. The number of morpholine rings is 1. The van der Waals surface area contributed by atoms with Crippen LogP contribution in [0.4, 0.5) is 20.5 Å². The van der Waals surface area contributed by atoms with Crippen LogP contribution in [0.1, 0.15) is 22.9 Å². The molecular weight excluding hydrogens is 530 g/mol. The second kappa shape index (κ2) is 10.5. The Morgan fingerprint density at radius 1 is 1.21 bits per heavy atom. The number of fused-ring (bicyclic) bond motifs is 1. The molecule has 6 heterocycles. The third-order valence-corrected chi connectivity index (χ3v) is 7.49. The normalized spacial score (nSPS) is 15.8. The Kier molecular flexibility index (Phi) is 6.74. The molecule has 0 saturated carbocycles. The maximum Gasteiger partial charge on any atom is 0.333 e. The average Bonchev–Trinajstić information content (AvgIpc) is 3.77. The maximum absolute atomic E-state index is 13.1. The number of nitrogens with zero attached hydrogens (tertiary/aromatic N) is 9. The van der Waals surface area contributed by atoms with Crippen molar-refractivity contribution in [1.82, 2.24) is 39.2 Å². The van der Waals surface area contributed by atoms with Gasteiger partial charge in [-0.05, 0) is 18.1 Å². The van der Waals surface area contributed by atoms with E-state index in [4.69, 9.17) is 14.7 Å². The van der Waals surface area contributed by atoms with Gasteiger partial charge in [-0.1, -0.05) is 6.58 Å². The van der Waals surface area contributed by atoms with Crippen LogP contribution in [0.3, 0.4) is 0 Å². The van der Waals surface area contributed by atoms with E-state index in [0.29, 0.717) is 72.7 Å². The first-order chi connectivity index (χ1) is 19.0. The molecule has 0 radical (unpaired) electrons. The predicted octanol–water partition coefficient (Wildman–Crippen LogP) is 3.07. The quantitative estimate of drug-likeness (QED) is 0.328. The van der Waals surface area contributed by atoms with Crippen LogP contribution in [0.5, 0.6) is 0 Å². The predicted molar refractivity (Wildman–Crippen MR) is 141 cm³/mol. The van der Waals surface area contributed by atoms with Crippen molar-refractivity contribution < 1.29 is 18.3 Å². The number of imidazole rings is 1. The summed E-state index contributed by atoms with van der Waals surface area (Å²) in [4.78, 5) is 35.1. The summed E-state index contributed by atoms with van der Waals surface area (Å²) in [6.07, 6.45) is 9.82. The lowest BCUT2D eigenvalue weighted by Crippen LogP contribution is -2.37. The van der Waals surface area contributed by atoms with E-state index in [1.165, 1.54) is 36.1 Å². The minimum absolute atomic E-state index is 0.124. The van der Waals surface area contributed by atoms with Gasteiger partial charge in [-0.25, -0.2) is 14.6 Å². The molecular formula is C24H24F2N10O2S. The van der Waals surface area contributed by atoms with E-state index < -0.39 is 6.55 Å². The molecule has 15 heteroatoms. The van der Waals surface area contributed by atoms with E-state index in [1.54, 1.807) is 15.7 Å². The minimum atomic E-state index is -2.75. The van der Waals surface area contributed by atoms with E-state index in [1.807, 2.05) is 11.1 Å². The molecule has 0 unspecified atom stereocenters. The number of rotatable bonds is 8. The lowest BCUT2D eigenvalue weighted by molar-refractivity contribution is -0.123. The van der Waals surface area contributed by atoms with Crippen LogP contribution >= 0.6 is 11.3 Å². The van der Waals surface area contributed by atoms with Gasteiger partial charge in [0.15, 0.2) is 17.0 Å². The highest BCUT2D eigenvalue weighted by Gasteiger charge is 2.22. The van der Waals surface area contributed by atoms with E-state index in [0.717, 1.165) is 21.9 Å². The number of carbonyl (C=O) groups excluding carboxylic acids is 1. The number of nitrogens with one attached hydrogen (secondary N) is 1. The molecule has 0 aromatic carbocycles. The van der Waals surface area contributed by atoms with Gasteiger partial charge in [0.2, 0.25) is 11.9 Å². The molecule has 202 valence electrons. The Labute approximate surface area is 225 Å². The highest BCUT2D eigenvalue weighted by molar-refractivity contribution is 7.12. The van der Waals surface area contributed by atoms with Gasteiger partial charge in [0.1, 0.15) is 11.3 Å². The van der Waals surface area contributed by atoms with Gasteiger partial charge in [0, 0.05) is 32.0 Å². The number of alkyl halides is 2. The van der Waals surface area contributed by atoms with Gasteiger partial charge in [0.25, 0.3) is 0 Å². The summed E-state index contributed by atoms with van der Waals surface area (Å²) in [6, 6.07) is 0. The third-order valence-electron chi connectivity index (χ3n) is 6.41. The number of anilines is 2. The van der Waals surface area contributed by atoms with Crippen LogP contribution < -0.4 is 10.2 Å². The van der Waals surface area contributed by atoms with Gasteiger partial charge < -0.3 is 19.9 Å². The van der Waals surface area contributed by atoms with Crippen molar-refractivity contribution >= 4 is 45.7 Å². The molecule has 1 saturated heterocycles. The summed E-state index contributed by atoms with van der Waals surface area (Å²) >= 11 is 1.53. The largest absolute Gasteiger partial charge is 0.378 e. The van der Waals surface area contributed by atoms with Crippen LogP contribution in [0, 0.1) is 0 Å². The molecule has 39 heavy (non-hydrogen) atoms. The number of amides is 1. The molecule has 0 aliphatic carbocycles. The van der Waals surface area contributed by atoms with E-state index in [-0.39, 0.29) is 5.91 Å². The van der Waals surface area contributed by atoms with Crippen molar-refractivity contribution in [3.8, 4) is 5.69 Å². The standard InChI is InChI=1S/C24H24F2N10O2S/c1-2-19(37)34-4-3-15(12-34)17-10-27-18(39-17)11-28-21-20-22(32-24(31-21)33-5-7-38-8-6-33)35(14-29-20)16-9-30-36(13-16)23(25)26/h2,9-10,12-14,23H,1,3-8,11H2,(H,28,31,32). The number of halogens is 2. The number of aromatic nitrogens is 7. The molecule has 2 aliphatic heterocycles. The topological polar surface area (TPSA) is 119 Å². The van der Waals surface area contributed by atoms with E-state index in [9.17, 15) is 13.6 Å². The first-order valence-electron chi connectivity index (χ1n) is 12.2. The van der Waals surface area contributed by atoms with Crippen molar-refractivity contribution in [2.75, 3.05) is 43.1 Å². The zero-order valence-corrected chi connectivity index (χ0v) is 21.5. The SMILES string of the molecule is C=CC(=O)N1C=C(c2cnc(CNc3nc(N4CCOCC4)nc4c3ncn4-c3cnn(C(F)F)c3)s2)CC1. The van der Waals surface area contributed by atoms with Gasteiger partial charge in [0.05, 0.1) is 42.7 Å². The fourth-order valence-corrected chi connectivity index (χ4v) is 5.30. The summed E-state index contributed by atoms with van der Waals surface area (Å²) in [5.41, 5.74) is 2.42. The van der Waals surface area contributed by atoms with Gasteiger partial charge in [-0.3, -0.25) is 9.36 Å². The molecule has 0 atom stereocenters. The fourth-order valence-electron chi connectivity index (χ4n) is 4.40. The molecule has 2 aliphatic rings. The number of thiazole rings is 1. The summed E-state index contributed by atoms with van der Waals surface area (Å²) in [6.45, 7) is 4.15. The number of hydrogen-bond donors (Lipinski definition) is 1. The van der Waals surface area contributed by atoms with Crippen LogP contribution in [-0.4, -0.2) is 77.9 Å². The third kappa shape index (κ3) is 4.97. The zero-order valence-electron chi connectivity index (χ0n) is 20.7. The van der Waals surface area contributed by atoms with E-state index >= 15 is 0 Å². The second-order valence-corrected chi connectivity index (χ2v) is 9.94. The van der Waals surface area contributed by atoms with Gasteiger partial charge >= 0.3 is 6.55 Å². The molecule has 1 fully saturated rings. The minimum Gasteiger partial charge on any atom is -0.378 e. The molecule has 6 rings (SSSR count). The molecule has 0 bridgehead atoms. The van der Waals surface area contributed by atoms with Crippen molar-refractivity contribution in [2.24, 2.45) is 0 Å². The molecule has 0 spiro atoms. The van der Waals surface area contributed by atoms with Crippen LogP contribution in [0.15, 0.2) is 43.8 Å². The van der Waals surface area contributed by atoms with Gasteiger partial charge in [-0.15, -0.1) is 11.3 Å². The highest BCUT2D eigenvalue weighted by Crippen LogP contribution is 2.31. The zero-order chi connectivity index (χ0) is 26.9. The molecule has 1 N–H and O–H groups in total. The molecule has 4 aromatic heterocycles. The second-order valence-electron chi connectivity index (χ2n) is 8.83. The Hall–Kier alpha value is -4.24. The van der Waals surface area contributed by atoms with Crippen molar-refractivity contribution in [3.05, 3.63) is 53.7 Å². The Balaban J connectivity index is 1.29. The van der Waals surface area contributed by atoms with Crippen molar-refractivity contribution in [1.29, 1.82) is 0 Å². The van der Waals surface area contributed by atoms with Crippen molar-refractivity contribution in [3.63, 3.8) is 0 Å². The summed E-state index contributed by atoms with van der Waals surface area (Å²) in [5, 5.41) is 7.90. The molecule has 4 aromatic rings. The first kappa shape index (κ1) is 25.1. The monoisotopic (exact) mass is 554 g/mol. The number of carbonyl (C=O) groups is 1. The number of ether oxygens (including phenoxy) is 1. The Morgan fingerprint density at radius 2 is 2.05 bits per heavy atom. The van der Waals surface area contributed by atoms with Crippen LogP contribution in [-0.2, 0) is 16.1 Å². The smallest absolute Gasteiger partial charge is 0.333 e. The lowest BCUT2D eigenvalue weighted by atomic mass is 10.2. The Bertz CT molecular complexity index is 1560. The number of hydrogen-bond acceptors (Lipinski definition) is 10. The van der Waals surface area contributed by atoms with Gasteiger partial charge in [-0.2, -0.15) is 23.8 Å². The Morgan fingerprint density at radius 3 is 2.82 bits per heavy atom. The van der Waals surface area contributed by atoms with E-state index in [2.05, 4.69) is 27.0 Å².